The first kappa shape index (κ1) is 14.0. The van der Waals surface area contributed by atoms with E-state index in [0.29, 0.717) is 12.5 Å². The molecule has 0 aliphatic heterocycles. The molecule has 96 valence electrons. The van der Waals surface area contributed by atoms with Crippen LogP contribution in [0.25, 0.3) is 0 Å². The van der Waals surface area contributed by atoms with Crippen LogP contribution in [0, 0.1) is 5.92 Å². The maximum absolute atomic E-state index is 12.1. The number of phenols is 1. The molecule has 0 fully saturated rings. The van der Waals surface area contributed by atoms with Gasteiger partial charge in [-0.05, 0) is 24.5 Å². The van der Waals surface area contributed by atoms with Crippen molar-refractivity contribution >= 4 is 10.0 Å². The van der Waals surface area contributed by atoms with Crippen molar-refractivity contribution < 1.29 is 13.5 Å². The summed E-state index contributed by atoms with van der Waals surface area (Å²) in [6.07, 6.45) is 0.795. The number of benzene rings is 1. The van der Waals surface area contributed by atoms with Crippen LogP contribution in [0.15, 0.2) is 29.2 Å². The lowest BCUT2D eigenvalue weighted by molar-refractivity contribution is 0.419. The van der Waals surface area contributed by atoms with Gasteiger partial charge in [-0.2, -0.15) is 0 Å². The maximum atomic E-state index is 12.1. The third-order valence-electron chi connectivity index (χ3n) is 2.57. The highest BCUT2D eigenvalue weighted by atomic mass is 32.2. The molecule has 5 heteroatoms. The van der Waals surface area contributed by atoms with Gasteiger partial charge < -0.3 is 5.11 Å². The molecule has 0 radical (unpaired) electrons. The summed E-state index contributed by atoms with van der Waals surface area (Å²) in [5, 5.41) is 9.57. The van der Waals surface area contributed by atoms with Crippen LogP contribution in [0.5, 0.6) is 5.75 Å². The number of sulfonamides is 1. The van der Waals surface area contributed by atoms with Gasteiger partial charge >= 0.3 is 0 Å². The normalized spacial score (nSPS) is 12.3. The molecule has 0 aliphatic rings. The highest BCUT2D eigenvalue weighted by Gasteiger charge is 2.23. The molecule has 0 bridgehead atoms. The molecule has 17 heavy (non-hydrogen) atoms. The largest absolute Gasteiger partial charge is 0.507 e. The molecule has 0 unspecified atom stereocenters. The highest BCUT2D eigenvalue weighted by molar-refractivity contribution is 7.89. The van der Waals surface area contributed by atoms with E-state index in [9.17, 15) is 13.5 Å². The summed E-state index contributed by atoms with van der Waals surface area (Å²) in [4.78, 5) is -0.0359. The Balaban J connectivity index is 2.92. The van der Waals surface area contributed by atoms with Crippen molar-refractivity contribution in [3.63, 3.8) is 0 Å². The Morgan fingerprint density at radius 3 is 2.41 bits per heavy atom. The quantitative estimate of drug-likeness (QED) is 0.878. The zero-order valence-corrected chi connectivity index (χ0v) is 11.2. The van der Waals surface area contributed by atoms with E-state index in [1.807, 2.05) is 13.8 Å². The molecule has 1 N–H and O–H groups in total. The van der Waals surface area contributed by atoms with Crippen LogP contribution in [0.2, 0.25) is 0 Å². The Labute approximate surface area is 103 Å². The lowest BCUT2D eigenvalue weighted by Crippen LogP contribution is -2.28. The van der Waals surface area contributed by atoms with Crippen LogP contribution in [0.1, 0.15) is 20.3 Å². The third-order valence-corrected chi connectivity index (χ3v) is 4.48. The molecule has 0 aromatic heterocycles. The molecule has 1 rings (SSSR count). The second-order valence-electron chi connectivity index (χ2n) is 4.48. The van der Waals surface area contributed by atoms with Gasteiger partial charge in [0, 0.05) is 13.6 Å². The summed E-state index contributed by atoms with van der Waals surface area (Å²) in [6, 6.07) is 5.99. The fourth-order valence-electron chi connectivity index (χ4n) is 1.40. The SMILES string of the molecule is CC(C)CCN(C)S(=O)(=O)c1ccccc1O. The number of hydrogen-bond acceptors (Lipinski definition) is 3. The maximum Gasteiger partial charge on any atom is 0.246 e. The van der Waals surface area contributed by atoms with E-state index in [2.05, 4.69) is 0 Å². The molecule has 4 nitrogen and oxygen atoms in total. The van der Waals surface area contributed by atoms with Crippen LogP contribution in [0.4, 0.5) is 0 Å². The average Bonchev–Trinajstić information content (AvgIpc) is 2.26. The Bertz CT molecular complexity index is 468. The summed E-state index contributed by atoms with van der Waals surface area (Å²) < 4.78 is 25.5. The van der Waals surface area contributed by atoms with E-state index in [-0.39, 0.29) is 10.6 Å². The number of hydrogen-bond donors (Lipinski definition) is 1. The first-order chi connectivity index (χ1) is 7.85. The van der Waals surface area contributed by atoms with Crippen molar-refractivity contribution in [1.29, 1.82) is 0 Å². The van der Waals surface area contributed by atoms with E-state index >= 15 is 0 Å². The number of rotatable bonds is 5. The number of aromatic hydroxyl groups is 1. The second kappa shape index (κ2) is 5.51. The van der Waals surface area contributed by atoms with Gasteiger partial charge in [0.05, 0.1) is 0 Å². The molecule has 1 aromatic rings. The van der Waals surface area contributed by atoms with Gasteiger partial charge in [-0.3, -0.25) is 0 Å². The molecule has 1 aromatic carbocycles. The fourth-order valence-corrected chi connectivity index (χ4v) is 2.67. The van der Waals surface area contributed by atoms with Crippen molar-refractivity contribution in [3.05, 3.63) is 24.3 Å². The van der Waals surface area contributed by atoms with E-state index in [1.54, 1.807) is 12.1 Å². The molecule has 0 heterocycles. The van der Waals surface area contributed by atoms with Crippen molar-refractivity contribution in [2.75, 3.05) is 13.6 Å². The van der Waals surface area contributed by atoms with E-state index in [4.69, 9.17) is 0 Å². The number of nitrogens with zero attached hydrogens (tertiary/aromatic N) is 1. The zero-order valence-electron chi connectivity index (χ0n) is 10.4. The van der Waals surface area contributed by atoms with Gasteiger partial charge in [0.2, 0.25) is 10.0 Å². The smallest absolute Gasteiger partial charge is 0.246 e. The number of para-hydroxylation sites is 1. The predicted molar refractivity (Wildman–Crippen MR) is 67.4 cm³/mol. The molecular formula is C12H19NO3S. The van der Waals surface area contributed by atoms with Crippen LogP contribution >= 0.6 is 0 Å². The summed E-state index contributed by atoms with van der Waals surface area (Å²) in [6.45, 7) is 4.54. The lowest BCUT2D eigenvalue weighted by atomic mass is 10.1. The molecule has 0 atom stereocenters. The Hall–Kier alpha value is -1.07. The van der Waals surface area contributed by atoms with Crippen molar-refractivity contribution in [3.8, 4) is 5.75 Å². The van der Waals surface area contributed by atoms with Crippen molar-refractivity contribution in [1.82, 2.24) is 4.31 Å². The molecule has 0 spiro atoms. The molecule has 0 aliphatic carbocycles. The minimum absolute atomic E-state index is 0.0359. The van der Waals surface area contributed by atoms with Crippen LogP contribution in [-0.2, 0) is 10.0 Å². The second-order valence-corrected chi connectivity index (χ2v) is 6.49. The molecule has 0 saturated heterocycles. The van der Waals surface area contributed by atoms with Crippen molar-refractivity contribution in [2.24, 2.45) is 5.92 Å². The predicted octanol–water partition coefficient (Wildman–Crippen LogP) is 2.06. The third kappa shape index (κ3) is 3.44. The average molecular weight is 257 g/mol. The van der Waals surface area contributed by atoms with Crippen LogP contribution in [-0.4, -0.2) is 31.4 Å². The minimum Gasteiger partial charge on any atom is -0.507 e. The molecule has 0 amide bonds. The summed E-state index contributed by atoms with van der Waals surface area (Å²) in [7, 11) is -2.05. The van der Waals surface area contributed by atoms with Crippen LogP contribution < -0.4 is 0 Å². The van der Waals surface area contributed by atoms with E-state index in [0.717, 1.165) is 6.42 Å². The first-order valence-corrected chi connectivity index (χ1v) is 7.04. The molecule has 0 saturated carbocycles. The monoisotopic (exact) mass is 257 g/mol. The Kier molecular flexibility index (Phi) is 4.54. The van der Waals surface area contributed by atoms with Gasteiger partial charge in [0.1, 0.15) is 10.6 Å². The van der Waals surface area contributed by atoms with Gasteiger partial charge in [-0.15, -0.1) is 0 Å². The summed E-state index contributed by atoms with van der Waals surface area (Å²) in [5.74, 6) is 0.237. The number of phenolic OH excluding ortho intramolecular Hbond substituents is 1. The van der Waals surface area contributed by atoms with E-state index in [1.165, 1.54) is 23.5 Å². The van der Waals surface area contributed by atoms with E-state index < -0.39 is 10.0 Å². The van der Waals surface area contributed by atoms with Crippen molar-refractivity contribution in [2.45, 2.75) is 25.2 Å². The highest BCUT2D eigenvalue weighted by Crippen LogP contribution is 2.24. The van der Waals surface area contributed by atoms with Gasteiger partial charge in [-0.25, -0.2) is 12.7 Å². The van der Waals surface area contributed by atoms with Crippen LogP contribution in [0.3, 0.4) is 0 Å². The van der Waals surface area contributed by atoms with Gasteiger partial charge in [0.15, 0.2) is 0 Å². The summed E-state index contributed by atoms with van der Waals surface area (Å²) in [5.41, 5.74) is 0. The van der Waals surface area contributed by atoms with Gasteiger partial charge in [0.25, 0.3) is 0 Å². The minimum atomic E-state index is -3.58. The van der Waals surface area contributed by atoms with Gasteiger partial charge in [-0.1, -0.05) is 26.0 Å². The first-order valence-electron chi connectivity index (χ1n) is 5.60. The lowest BCUT2D eigenvalue weighted by Gasteiger charge is -2.18. The Morgan fingerprint density at radius 1 is 1.29 bits per heavy atom. The topological polar surface area (TPSA) is 57.6 Å². The summed E-state index contributed by atoms with van der Waals surface area (Å²) >= 11 is 0. The standard InChI is InChI=1S/C12H19NO3S/c1-10(2)8-9-13(3)17(15,16)12-7-5-4-6-11(12)14/h4-7,10,14H,8-9H2,1-3H3. The Morgan fingerprint density at radius 2 is 1.88 bits per heavy atom. The zero-order chi connectivity index (χ0) is 13.1. The fraction of sp³-hybridized carbons (Fsp3) is 0.500. The molecular weight excluding hydrogens is 238 g/mol.